The van der Waals surface area contributed by atoms with E-state index in [0.29, 0.717) is 6.61 Å². The number of benzene rings is 1. The minimum Gasteiger partial charge on any atom is -0.494 e. The lowest BCUT2D eigenvalue weighted by Crippen LogP contribution is -2.16. The maximum atomic E-state index is 5.49. The molecule has 5 nitrogen and oxygen atoms in total. The molecule has 0 aliphatic rings. The Morgan fingerprint density at radius 1 is 1.17 bits per heavy atom. The summed E-state index contributed by atoms with van der Waals surface area (Å²) in [6.07, 6.45) is 1.84. The number of hydrogen-bond donors (Lipinski definition) is 0. The molecule has 3 aromatic rings. The van der Waals surface area contributed by atoms with Crippen LogP contribution in [0.2, 0.25) is 0 Å². The molecule has 0 aliphatic heterocycles. The molecule has 3 rings (SSSR count). The molecular formula is C18H22N4O. The molecular weight excluding hydrogens is 288 g/mol. The Bertz CT molecular complexity index is 808. The Kier molecular flexibility index (Phi) is 4.19. The number of anilines is 1. The van der Waals surface area contributed by atoms with Crippen molar-refractivity contribution in [1.29, 1.82) is 0 Å². The standard InChI is InChI=1S/C18H22N4O/c1-5-23-15-8-6-14(7-9-15)12-21(3)16-10-11-19-18-17(16)13(2)20-22(18)4/h6-11H,5,12H2,1-4H3. The van der Waals surface area contributed by atoms with Crippen molar-refractivity contribution in [3.05, 3.63) is 47.8 Å². The van der Waals surface area contributed by atoms with Crippen molar-refractivity contribution in [3.8, 4) is 5.75 Å². The van der Waals surface area contributed by atoms with Gasteiger partial charge in [-0.1, -0.05) is 12.1 Å². The lowest BCUT2D eigenvalue weighted by Gasteiger charge is -2.20. The molecule has 23 heavy (non-hydrogen) atoms. The zero-order valence-electron chi connectivity index (χ0n) is 14.1. The fourth-order valence-corrected chi connectivity index (χ4v) is 2.89. The van der Waals surface area contributed by atoms with Crippen molar-refractivity contribution in [3.63, 3.8) is 0 Å². The zero-order valence-corrected chi connectivity index (χ0v) is 14.1. The van der Waals surface area contributed by atoms with Crippen molar-refractivity contribution < 1.29 is 4.74 Å². The number of pyridine rings is 1. The molecule has 2 heterocycles. The monoisotopic (exact) mass is 310 g/mol. The average Bonchev–Trinajstić information content (AvgIpc) is 2.84. The van der Waals surface area contributed by atoms with E-state index < -0.39 is 0 Å². The molecule has 0 aliphatic carbocycles. The van der Waals surface area contributed by atoms with Gasteiger partial charge < -0.3 is 9.64 Å². The van der Waals surface area contributed by atoms with Crippen LogP contribution in [0, 0.1) is 6.92 Å². The van der Waals surface area contributed by atoms with Crippen LogP contribution in [0.15, 0.2) is 36.5 Å². The van der Waals surface area contributed by atoms with Gasteiger partial charge >= 0.3 is 0 Å². The Labute approximate surface area is 136 Å². The zero-order chi connectivity index (χ0) is 16.4. The highest BCUT2D eigenvalue weighted by Crippen LogP contribution is 2.28. The number of ether oxygens (including phenoxy) is 1. The summed E-state index contributed by atoms with van der Waals surface area (Å²) in [7, 11) is 4.02. The molecule has 0 radical (unpaired) electrons. The van der Waals surface area contributed by atoms with Gasteiger partial charge in [0.1, 0.15) is 5.75 Å². The van der Waals surface area contributed by atoms with Gasteiger partial charge in [-0.3, -0.25) is 4.68 Å². The summed E-state index contributed by atoms with van der Waals surface area (Å²) in [5, 5.41) is 5.60. The van der Waals surface area contributed by atoms with E-state index in [9.17, 15) is 0 Å². The van der Waals surface area contributed by atoms with Crippen molar-refractivity contribution in [1.82, 2.24) is 14.8 Å². The van der Waals surface area contributed by atoms with Crippen LogP contribution >= 0.6 is 0 Å². The van der Waals surface area contributed by atoms with Gasteiger partial charge in [0.25, 0.3) is 0 Å². The van der Waals surface area contributed by atoms with E-state index >= 15 is 0 Å². The van der Waals surface area contributed by atoms with Gasteiger partial charge in [0.2, 0.25) is 0 Å². The number of fused-ring (bicyclic) bond motifs is 1. The van der Waals surface area contributed by atoms with Crippen LogP contribution < -0.4 is 9.64 Å². The molecule has 2 aromatic heterocycles. The molecule has 0 saturated heterocycles. The van der Waals surface area contributed by atoms with Gasteiger partial charge in [-0.25, -0.2) is 4.98 Å². The van der Waals surface area contributed by atoms with Crippen LogP contribution in [0.1, 0.15) is 18.2 Å². The van der Waals surface area contributed by atoms with Crippen molar-refractivity contribution in [2.75, 3.05) is 18.6 Å². The van der Waals surface area contributed by atoms with Crippen LogP contribution in [-0.4, -0.2) is 28.4 Å². The molecule has 0 bridgehead atoms. The molecule has 0 N–H and O–H groups in total. The van der Waals surface area contributed by atoms with Crippen molar-refractivity contribution in [2.24, 2.45) is 7.05 Å². The van der Waals surface area contributed by atoms with Gasteiger partial charge in [-0.15, -0.1) is 0 Å². The number of aromatic nitrogens is 3. The number of rotatable bonds is 5. The molecule has 0 fully saturated rings. The Morgan fingerprint density at radius 3 is 2.61 bits per heavy atom. The van der Waals surface area contributed by atoms with E-state index in [4.69, 9.17) is 4.74 Å². The van der Waals surface area contributed by atoms with Crippen LogP contribution in [0.4, 0.5) is 5.69 Å². The second-order valence-electron chi connectivity index (χ2n) is 5.67. The summed E-state index contributed by atoms with van der Waals surface area (Å²) >= 11 is 0. The average molecular weight is 310 g/mol. The van der Waals surface area contributed by atoms with E-state index in [2.05, 4.69) is 34.2 Å². The van der Waals surface area contributed by atoms with Crippen molar-refractivity contribution >= 4 is 16.7 Å². The summed E-state index contributed by atoms with van der Waals surface area (Å²) in [5.41, 5.74) is 4.31. The lowest BCUT2D eigenvalue weighted by atomic mass is 10.1. The minimum atomic E-state index is 0.689. The molecule has 120 valence electrons. The third kappa shape index (κ3) is 2.99. The third-order valence-corrected chi connectivity index (χ3v) is 3.94. The Balaban J connectivity index is 1.87. The maximum Gasteiger partial charge on any atom is 0.159 e. The Morgan fingerprint density at radius 2 is 1.91 bits per heavy atom. The predicted molar refractivity (Wildman–Crippen MR) is 93.0 cm³/mol. The van der Waals surface area contributed by atoms with E-state index in [1.54, 1.807) is 0 Å². The topological polar surface area (TPSA) is 43.2 Å². The first kappa shape index (κ1) is 15.3. The van der Waals surface area contributed by atoms with E-state index in [1.807, 2.05) is 50.0 Å². The van der Waals surface area contributed by atoms with Crippen LogP contribution in [-0.2, 0) is 13.6 Å². The second kappa shape index (κ2) is 6.28. The largest absolute Gasteiger partial charge is 0.494 e. The molecule has 0 amide bonds. The number of aryl methyl sites for hydroxylation is 2. The number of nitrogens with zero attached hydrogens (tertiary/aromatic N) is 4. The van der Waals surface area contributed by atoms with E-state index in [0.717, 1.165) is 34.7 Å². The lowest BCUT2D eigenvalue weighted by molar-refractivity contribution is 0.340. The molecule has 0 atom stereocenters. The third-order valence-electron chi connectivity index (χ3n) is 3.94. The molecule has 1 aromatic carbocycles. The molecule has 5 heteroatoms. The highest BCUT2D eigenvalue weighted by Gasteiger charge is 2.13. The van der Waals surface area contributed by atoms with Crippen LogP contribution in [0.3, 0.4) is 0 Å². The van der Waals surface area contributed by atoms with E-state index in [-0.39, 0.29) is 0 Å². The SMILES string of the molecule is CCOc1ccc(CN(C)c2ccnc3c2c(C)nn3C)cc1. The van der Waals surface area contributed by atoms with Gasteiger partial charge in [-0.05, 0) is 37.6 Å². The summed E-state index contributed by atoms with van der Waals surface area (Å²) in [6.45, 7) is 5.53. The summed E-state index contributed by atoms with van der Waals surface area (Å²) in [5.74, 6) is 0.910. The van der Waals surface area contributed by atoms with Gasteiger partial charge in [0.05, 0.1) is 23.4 Å². The first-order chi connectivity index (χ1) is 11.1. The van der Waals surface area contributed by atoms with Gasteiger partial charge in [-0.2, -0.15) is 5.10 Å². The second-order valence-corrected chi connectivity index (χ2v) is 5.67. The smallest absolute Gasteiger partial charge is 0.159 e. The van der Waals surface area contributed by atoms with E-state index in [1.165, 1.54) is 5.56 Å². The maximum absolute atomic E-state index is 5.49. The highest BCUT2D eigenvalue weighted by molar-refractivity contribution is 5.91. The quantitative estimate of drug-likeness (QED) is 0.725. The van der Waals surface area contributed by atoms with Crippen molar-refractivity contribution in [2.45, 2.75) is 20.4 Å². The molecule has 0 unspecified atom stereocenters. The predicted octanol–water partition coefficient (Wildman–Crippen LogP) is 3.31. The first-order valence-electron chi connectivity index (χ1n) is 7.81. The Hall–Kier alpha value is -2.56. The summed E-state index contributed by atoms with van der Waals surface area (Å²) in [4.78, 5) is 6.67. The first-order valence-corrected chi connectivity index (χ1v) is 7.81. The van der Waals surface area contributed by atoms with Gasteiger partial charge in [0, 0.05) is 26.8 Å². The minimum absolute atomic E-state index is 0.689. The summed E-state index contributed by atoms with van der Waals surface area (Å²) < 4.78 is 7.33. The fourth-order valence-electron chi connectivity index (χ4n) is 2.89. The van der Waals surface area contributed by atoms with Crippen LogP contribution in [0.5, 0.6) is 5.75 Å². The summed E-state index contributed by atoms with van der Waals surface area (Å²) in [6, 6.07) is 10.3. The normalized spacial score (nSPS) is 11.0. The number of hydrogen-bond acceptors (Lipinski definition) is 4. The highest BCUT2D eigenvalue weighted by atomic mass is 16.5. The molecule has 0 saturated carbocycles. The fraction of sp³-hybridized carbons (Fsp3) is 0.333. The molecule has 0 spiro atoms. The van der Waals surface area contributed by atoms with Gasteiger partial charge in [0.15, 0.2) is 5.65 Å². The van der Waals surface area contributed by atoms with Crippen LogP contribution in [0.25, 0.3) is 11.0 Å².